The highest BCUT2D eigenvalue weighted by Crippen LogP contribution is 2.36. The van der Waals surface area contributed by atoms with Crippen molar-refractivity contribution in [3.63, 3.8) is 0 Å². The maximum atomic E-state index is 13.6. The fourth-order valence-electron chi connectivity index (χ4n) is 2.81. The zero-order valence-corrected chi connectivity index (χ0v) is 14.5. The molecule has 1 N–H and O–H groups in total. The fourth-order valence-corrected chi connectivity index (χ4v) is 2.81. The predicted octanol–water partition coefficient (Wildman–Crippen LogP) is 3.51. The molecule has 0 atom stereocenters. The number of aromatic nitrogens is 3. The molecule has 1 aliphatic rings. The van der Waals surface area contributed by atoms with E-state index in [2.05, 4.69) is 20.3 Å². The number of nitrogens with one attached hydrogen (secondary N) is 1. The Morgan fingerprint density at radius 1 is 0.963 bits per heavy atom. The van der Waals surface area contributed by atoms with Crippen molar-refractivity contribution in [2.75, 3.05) is 18.5 Å². The van der Waals surface area contributed by atoms with Gasteiger partial charge in [-0.3, -0.25) is 9.97 Å². The summed E-state index contributed by atoms with van der Waals surface area (Å²) >= 11 is 0. The molecule has 1 aromatic carbocycles. The zero-order valence-electron chi connectivity index (χ0n) is 14.5. The second-order valence-electron chi connectivity index (χ2n) is 6.03. The Balaban J connectivity index is 1.53. The maximum Gasteiger partial charge on any atom is 0.162 e. The van der Waals surface area contributed by atoms with Gasteiger partial charge in [0.25, 0.3) is 0 Å². The van der Waals surface area contributed by atoms with Crippen LogP contribution in [0.25, 0.3) is 11.3 Å². The Bertz CT molecular complexity index is 960. The van der Waals surface area contributed by atoms with E-state index in [0.29, 0.717) is 30.5 Å². The molecule has 1 aliphatic heterocycles. The van der Waals surface area contributed by atoms with Crippen LogP contribution in [-0.2, 0) is 6.54 Å². The van der Waals surface area contributed by atoms with Crippen LogP contribution in [0.15, 0.2) is 36.9 Å². The van der Waals surface area contributed by atoms with Crippen molar-refractivity contribution in [2.45, 2.75) is 13.5 Å². The monoisotopic (exact) mass is 370 g/mol. The van der Waals surface area contributed by atoms with E-state index in [4.69, 9.17) is 9.47 Å². The molecule has 0 saturated carbocycles. The summed E-state index contributed by atoms with van der Waals surface area (Å²) in [7, 11) is 0. The molecular weight excluding hydrogens is 354 g/mol. The lowest BCUT2D eigenvalue weighted by atomic mass is 10.0. The van der Waals surface area contributed by atoms with Gasteiger partial charge in [0.05, 0.1) is 30.5 Å². The topological polar surface area (TPSA) is 69.2 Å². The smallest absolute Gasteiger partial charge is 0.162 e. The van der Waals surface area contributed by atoms with Crippen molar-refractivity contribution in [2.24, 2.45) is 0 Å². The summed E-state index contributed by atoms with van der Waals surface area (Å²) in [5.74, 6) is 0.382. The predicted molar refractivity (Wildman–Crippen MR) is 94.7 cm³/mol. The fraction of sp³-hybridized carbons (Fsp3) is 0.211. The third-order valence-corrected chi connectivity index (χ3v) is 4.22. The standard InChI is InChI=1S/C19H16F2N4O2/c1-11-4-17-18(27-3-2-26-17)5-12(11)16-9-25-19(10-23-16)24-6-13-14(20)7-22-8-15(13)21/h4-5,7-10H,2-3,6H2,1H3,(H,24,25). The van der Waals surface area contributed by atoms with Gasteiger partial charge >= 0.3 is 0 Å². The number of benzene rings is 1. The third kappa shape index (κ3) is 3.51. The Labute approximate surface area is 154 Å². The molecule has 2 aromatic heterocycles. The van der Waals surface area contributed by atoms with Crippen molar-refractivity contribution >= 4 is 5.82 Å². The summed E-state index contributed by atoms with van der Waals surface area (Å²) in [6, 6.07) is 3.79. The third-order valence-electron chi connectivity index (χ3n) is 4.22. The Morgan fingerprint density at radius 3 is 2.33 bits per heavy atom. The van der Waals surface area contributed by atoms with E-state index in [9.17, 15) is 8.78 Å². The molecule has 4 rings (SSSR count). The van der Waals surface area contributed by atoms with Gasteiger partial charge in [-0.25, -0.2) is 13.8 Å². The van der Waals surface area contributed by atoms with Gasteiger partial charge in [0, 0.05) is 17.7 Å². The highest BCUT2D eigenvalue weighted by atomic mass is 19.1. The molecule has 27 heavy (non-hydrogen) atoms. The molecule has 8 heteroatoms. The second-order valence-corrected chi connectivity index (χ2v) is 6.03. The molecule has 0 spiro atoms. The average molecular weight is 370 g/mol. The molecule has 0 bridgehead atoms. The van der Waals surface area contributed by atoms with E-state index in [1.807, 2.05) is 19.1 Å². The van der Waals surface area contributed by atoms with Gasteiger partial charge in [-0.05, 0) is 24.6 Å². The molecule has 0 radical (unpaired) electrons. The molecule has 0 fully saturated rings. The molecule has 0 aliphatic carbocycles. The Kier molecular flexibility index (Phi) is 4.53. The first-order chi connectivity index (χ1) is 13.1. The minimum Gasteiger partial charge on any atom is -0.486 e. The summed E-state index contributed by atoms with van der Waals surface area (Å²) in [6.45, 7) is 2.93. The number of rotatable bonds is 4. The van der Waals surface area contributed by atoms with Gasteiger partial charge in [-0.15, -0.1) is 0 Å². The molecule has 138 valence electrons. The van der Waals surface area contributed by atoms with Crippen LogP contribution >= 0.6 is 0 Å². The number of pyridine rings is 1. The van der Waals surface area contributed by atoms with Gasteiger partial charge in [0.15, 0.2) is 11.5 Å². The number of fused-ring (bicyclic) bond motifs is 1. The van der Waals surface area contributed by atoms with Crippen molar-refractivity contribution in [3.8, 4) is 22.8 Å². The summed E-state index contributed by atoms with van der Waals surface area (Å²) in [6.07, 6.45) is 5.06. The van der Waals surface area contributed by atoms with E-state index in [1.54, 1.807) is 6.20 Å². The van der Waals surface area contributed by atoms with E-state index < -0.39 is 11.6 Å². The summed E-state index contributed by atoms with van der Waals surface area (Å²) in [5, 5.41) is 2.86. The zero-order chi connectivity index (χ0) is 18.8. The van der Waals surface area contributed by atoms with Crippen molar-refractivity contribution in [1.82, 2.24) is 15.0 Å². The Morgan fingerprint density at radius 2 is 1.67 bits per heavy atom. The van der Waals surface area contributed by atoms with Crippen LogP contribution in [-0.4, -0.2) is 28.2 Å². The summed E-state index contributed by atoms with van der Waals surface area (Å²) in [4.78, 5) is 12.1. The van der Waals surface area contributed by atoms with E-state index >= 15 is 0 Å². The number of halogens is 2. The molecule has 6 nitrogen and oxygen atoms in total. The van der Waals surface area contributed by atoms with Crippen LogP contribution in [0.5, 0.6) is 11.5 Å². The van der Waals surface area contributed by atoms with Crippen LogP contribution in [0.4, 0.5) is 14.6 Å². The average Bonchev–Trinajstić information content (AvgIpc) is 2.68. The SMILES string of the molecule is Cc1cc2c(cc1-c1cnc(NCc3c(F)cncc3F)cn1)OCCO2. The van der Waals surface area contributed by atoms with Gasteiger partial charge in [0.1, 0.15) is 30.7 Å². The van der Waals surface area contributed by atoms with E-state index in [0.717, 1.165) is 29.3 Å². The van der Waals surface area contributed by atoms with Gasteiger partial charge < -0.3 is 14.8 Å². The molecule has 3 aromatic rings. The number of ether oxygens (including phenoxy) is 2. The van der Waals surface area contributed by atoms with Crippen LogP contribution in [0.1, 0.15) is 11.1 Å². The normalized spacial score (nSPS) is 12.7. The highest BCUT2D eigenvalue weighted by molar-refractivity contribution is 5.68. The number of aryl methyl sites for hydroxylation is 1. The van der Waals surface area contributed by atoms with Crippen LogP contribution < -0.4 is 14.8 Å². The van der Waals surface area contributed by atoms with Gasteiger partial charge in [-0.2, -0.15) is 0 Å². The number of hydrogen-bond donors (Lipinski definition) is 1. The van der Waals surface area contributed by atoms with Gasteiger partial charge in [0.2, 0.25) is 0 Å². The molecule has 0 saturated heterocycles. The minimum absolute atomic E-state index is 0.0583. The van der Waals surface area contributed by atoms with Gasteiger partial charge in [-0.1, -0.05) is 0 Å². The van der Waals surface area contributed by atoms with Crippen LogP contribution in [0.2, 0.25) is 0 Å². The van der Waals surface area contributed by atoms with Crippen molar-refractivity contribution in [1.29, 1.82) is 0 Å². The first-order valence-electron chi connectivity index (χ1n) is 8.36. The quantitative estimate of drug-likeness (QED) is 0.758. The largest absolute Gasteiger partial charge is 0.486 e. The first-order valence-corrected chi connectivity index (χ1v) is 8.36. The van der Waals surface area contributed by atoms with Crippen molar-refractivity contribution in [3.05, 3.63) is 59.7 Å². The number of nitrogens with zero attached hydrogens (tertiary/aromatic N) is 3. The number of anilines is 1. The summed E-state index contributed by atoms with van der Waals surface area (Å²) < 4.78 is 38.4. The minimum atomic E-state index is -0.709. The first kappa shape index (κ1) is 17.1. The molecule has 0 unspecified atom stereocenters. The van der Waals surface area contributed by atoms with Crippen molar-refractivity contribution < 1.29 is 18.3 Å². The van der Waals surface area contributed by atoms with Crippen LogP contribution in [0, 0.1) is 18.6 Å². The lowest BCUT2D eigenvalue weighted by Crippen LogP contribution is -2.15. The highest BCUT2D eigenvalue weighted by Gasteiger charge is 2.16. The number of hydrogen-bond acceptors (Lipinski definition) is 6. The van der Waals surface area contributed by atoms with E-state index in [1.165, 1.54) is 6.20 Å². The molecule has 0 amide bonds. The molecular formula is C19H16F2N4O2. The van der Waals surface area contributed by atoms with E-state index in [-0.39, 0.29) is 12.1 Å². The van der Waals surface area contributed by atoms with Crippen LogP contribution in [0.3, 0.4) is 0 Å². The summed E-state index contributed by atoms with van der Waals surface area (Å²) in [5.41, 5.74) is 2.43. The molecule has 3 heterocycles. The second kappa shape index (κ2) is 7.14. The Hall–Kier alpha value is -3.29. The lowest BCUT2D eigenvalue weighted by molar-refractivity contribution is 0.171. The maximum absolute atomic E-state index is 13.6. The lowest BCUT2D eigenvalue weighted by Gasteiger charge is -2.20.